The van der Waals surface area contributed by atoms with Gasteiger partial charge in [-0.15, -0.1) is 0 Å². The van der Waals surface area contributed by atoms with Gasteiger partial charge in [-0.3, -0.25) is 9.00 Å². The van der Waals surface area contributed by atoms with Gasteiger partial charge in [0.1, 0.15) is 0 Å². The average Bonchev–Trinajstić information content (AvgIpc) is 2.66. The van der Waals surface area contributed by atoms with Crippen LogP contribution in [0.15, 0.2) is 48.5 Å². The average molecular weight is 470 g/mol. The third kappa shape index (κ3) is 5.42. The second-order valence-electron chi connectivity index (χ2n) is 6.60. The summed E-state index contributed by atoms with van der Waals surface area (Å²) in [6, 6.07) is 8.09. The van der Waals surface area contributed by atoms with Crippen LogP contribution < -0.4 is 5.32 Å². The van der Waals surface area contributed by atoms with Crippen LogP contribution in [0.1, 0.15) is 28.9 Å². The summed E-state index contributed by atoms with van der Waals surface area (Å²) in [4.78, 5) is 12.1. The summed E-state index contributed by atoms with van der Waals surface area (Å²) < 4.78 is 112. The molecule has 2 atom stereocenters. The zero-order valence-electron chi connectivity index (χ0n) is 15.7. The van der Waals surface area contributed by atoms with Gasteiger partial charge in [-0.05, 0) is 41.3 Å². The molecule has 2 rings (SSSR count). The summed E-state index contributed by atoms with van der Waals surface area (Å²) in [7, 11) is 0. The predicted octanol–water partition coefficient (Wildman–Crippen LogP) is 5.10. The molecule has 2 aromatic carbocycles. The fourth-order valence-electron chi connectivity index (χ4n) is 2.68. The van der Waals surface area contributed by atoms with Crippen LogP contribution in [0, 0.1) is 0 Å². The van der Waals surface area contributed by atoms with E-state index < -0.39 is 45.8 Å². The van der Waals surface area contributed by atoms with E-state index in [1.165, 1.54) is 31.2 Å². The highest BCUT2D eigenvalue weighted by molar-refractivity contribution is 7.79. The van der Waals surface area contributed by atoms with Crippen LogP contribution in [-0.2, 0) is 28.0 Å². The van der Waals surface area contributed by atoms with E-state index in [1.54, 1.807) is 0 Å². The summed E-state index contributed by atoms with van der Waals surface area (Å²) in [5.41, 5.74) is -6.36. The molecule has 0 radical (unpaired) electrons. The van der Waals surface area contributed by atoms with Crippen molar-refractivity contribution in [1.82, 2.24) is 0 Å². The number of rotatable bonds is 6. The maximum absolute atomic E-state index is 14.0. The summed E-state index contributed by atoms with van der Waals surface area (Å²) >= 11 is -2.32. The molecule has 1 amide bonds. The lowest BCUT2D eigenvalue weighted by Gasteiger charge is -2.30. The Morgan fingerprint density at radius 3 is 1.84 bits per heavy atom. The Bertz CT molecular complexity index is 927. The van der Waals surface area contributed by atoms with Crippen LogP contribution >= 0.6 is 0 Å². The highest BCUT2D eigenvalue weighted by Gasteiger charge is 2.73. The Labute approximate surface area is 174 Å². The summed E-state index contributed by atoms with van der Waals surface area (Å²) in [6.45, 7) is 1.47. The lowest BCUT2D eigenvalue weighted by atomic mass is 9.94. The largest absolute Gasteiger partial charge is 0.772 e. The highest BCUT2D eigenvalue weighted by atomic mass is 32.2. The smallest absolute Gasteiger partial charge is 0.435 e. The van der Waals surface area contributed by atoms with Crippen LogP contribution in [0.5, 0.6) is 0 Å². The fourth-order valence-corrected chi connectivity index (χ4v) is 3.06. The molecule has 2 unspecified atom stereocenters. The van der Waals surface area contributed by atoms with Gasteiger partial charge in [0.25, 0.3) is 0 Å². The van der Waals surface area contributed by atoms with Gasteiger partial charge in [0.05, 0.1) is 6.42 Å². The topological polar surface area (TPSA) is 69.2 Å². The second kappa shape index (κ2) is 8.95. The predicted molar refractivity (Wildman–Crippen MR) is 97.4 cm³/mol. The molecule has 2 aromatic rings. The van der Waals surface area contributed by atoms with Gasteiger partial charge in [0.15, 0.2) is 0 Å². The number of carbonyl (C=O) groups excluding carboxylic acids is 1. The fraction of sp³-hybridized carbons (Fsp3) is 0.316. The van der Waals surface area contributed by atoms with Gasteiger partial charge in [-0.1, -0.05) is 36.4 Å². The zero-order valence-corrected chi connectivity index (χ0v) is 16.5. The molecule has 0 fully saturated rings. The third-order valence-corrected chi connectivity index (χ3v) is 5.30. The van der Waals surface area contributed by atoms with E-state index in [2.05, 4.69) is 5.32 Å². The van der Waals surface area contributed by atoms with Crippen molar-refractivity contribution in [3.63, 3.8) is 0 Å². The summed E-state index contributed by atoms with van der Waals surface area (Å²) in [6.07, 6.45) is -12.6. The van der Waals surface area contributed by atoms with E-state index in [1.807, 2.05) is 0 Å². The molecular weight excluding hydrogens is 455 g/mol. The molecule has 12 heteroatoms. The van der Waals surface area contributed by atoms with Crippen LogP contribution in [-0.4, -0.2) is 27.0 Å². The number of hydrogen-bond acceptors (Lipinski definition) is 3. The Balaban J connectivity index is 2.11. The Morgan fingerprint density at radius 2 is 1.42 bits per heavy atom. The van der Waals surface area contributed by atoms with Crippen molar-refractivity contribution >= 4 is 22.7 Å². The standard InChI is InChI=1S/C19H16F7NO3S/c1-11(31(29)30)13-4-2-12(3-5-13)10-16(28)27-15-8-6-14(7-9-15)17(20,18(21,22)23)19(24,25)26/h2-9,11H,10H2,1H3,(H,27,28)(H,29,30)/p-1. The molecule has 4 nitrogen and oxygen atoms in total. The van der Waals surface area contributed by atoms with Crippen molar-refractivity contribution in [3.05, 3.63) is 65.2 Å². The molecule has 0 spiro atoms. The molecule has 0 aromatic heterocycles. The minimum absolute atomic E-state index is 0.132. The van der Waals surface area contributed by atoms with E-state index in [9.17, 15) is 44.3 Å². The van der Waals surface area contributed by atoms with Crippen LogP contribution in [0.3, 0.4) is 0 Å². The Hall–Kier alpha value is -2.47. The van der Waals surface area contributed by atoms with Gasteiger partial charge in [0, 0.05) is 16.5 Å². The molecule has 0 aliphatic heterocycles. The quantitative estimate of drug-likeness (QED) is 0.472. The van der Waals surface area contributed by atoms with E-state index >= 15 is 0 Å². The molecule has 0 aliphatic rings. The van der Waals surface area contributed by atoms with E-state index in [-0.39, 0.29) is 12.1 Å². The van der Waals surface area contributed by atoms with Gasteiger partial charge in [-0.2, -0.15) is 26.3 Å². The summed E-state index contributed by atoms with van der Waals surface area (Å²) in [5, 5.41) is 1.53. The van der Waals surface area contributed by atoms with Crippen LogP contribution in [0.25, 0.3) is 0 Å². The SMILES string of the molecule is CC(c1ccc(CC(=O)Nc2ccc(C(F)(C(F)(F)F)C(F)(F)F)cc2)cc1)S(=O)[O-]. The number of anilines is 1. The molecular formula is C19H15F7NO3S-. The van der Waals surface area contributed by atoms with Crippen molar-refractivity contribution in [2.75, 3.05) is 5.32 Å². The second-order valence-corrected chi connectivity index (χ2v) is 7.83. The number of halogens is 7. The minimum atomic E-state index is -6.22. The Morgan fingerprint density at radius 1 is 0.935 bits per heavy atom. The van der Waals surface area contributed by atoms with Crippen molar-refractivity contribution < 1.29 is 44.3 Å². The number of nitrogens with one attached hydrogen (secondary N) is 1. The lowest BCUT2D eigenvalue weighted by Crippen LogP contribution is -2.50. The van der Waals surface area contributed by atoms with Crippen LogP contribution in [0.2, 0.25) is 0 Å². The molecule has 31 heavy (non-hydrogen) atoms. The number of benzene rings is 2. The molecule has 0 saturated heterocycles. The maximum Gasteiger partial charge on any atom is 0.435 e. The first-order valence-electron chi connectivity index (χ1n) is 8.56. The van der Waals surface area contributed by atoms with Crippen LogP contribution in [0.4, 0.5) is 36.4 Å². The first-order chi connectivity index (χ1) is 14.2. The van der Waals surface area contributed by atoms with E-state index in [0.29, 0.717) is 23.3 Å². The number of hydrogen-bond donors (Lipinski definition) is 1. The molecule has 0 heterocycles. The first-order valence-corrected chi connectivity index (χ1v) is 9.70. The van der Waals surface area contributed by atoms with Crippen molar-refractivity contribution in [1.29, 1.82) is 0 Å². The molecule has 170 valence electrons. The lowest BCUT2D eigenvalue weighted by molar-refractivity contribution is -0.348. The van der Waals surface area contributed by atoms with Crippen molar-refractivity contribution in [2.24, 2.45) is 0 Å². The zero-order chi connectivity index (χ0) is 23.6. The third-order valence-electron chi connectivity index (χ3n) is 4.45. The molecule has 1 N–H and O–H groups in total. The summed E-state index contributed by atoms with van der Waals surface area (Å²) in [5.74, 6) is -0.640. The van der Waals surface area contributed by atoms with Gasteiger partial charge < -0.3 is 9.87 Å². The van der Waals surface area contributed by atoms with Gasteiger partial charge in [0.2, 0.25) is 5.91 Å². The monoisotopic (exact) mass is 470 g/mol. The van der Waals surface area contributed by atoms with Crippen molar-refractivity contribution in [3.8, 4) is 0 Å². The van der Waals surface area contributed by atoms with Gasteiger partial charge in [-0.25, -0.2) is 4.39 Å². The first kappa shape index (κ1) is 24.8. The Kier molecular flexibility index (Phi) is 7.16. The maximum atomic E-state index is 14.0. The molecule has 0 saturated carbocycles. The molecule has 0 bridgehead atoms. The number of carbonyl (C=O) groups is 1. The van der Waals surface area contributed by atoms with Gasteiger partial charge >= 0.3 is 18.0 Å². The normalized spacial score (nSPS) is 14.7. The molecule has 0 aliphatic carbocycles. The highest BCUT2D eigenvalue weighted by Crippen LogP contribution is 2.53. The number of alkyl halides is 7. The van der Waals surface area contributed by atoms with E-state index in [0.717, 1.165) is 12.1 Å². The van der Waals surface area contributed by atoms with E-state index in [4.69, 9.17) is 0 Å². The van der Waals surface area contributed by atoms with Crippen molar-refractivity contribution in [2.45, 2.75) is 36.6 Å². The minimum Gasteiger partial charge on any atom is -0.772 e. The number of amides is 1.